The van der Waals surface area contributed by atoms with Crippen LogP contribution in [0.1, 0.15) is 12.8 Å². The summed E-state index contributed by atoms with van der Waals surface area (Å²) in [5.74, 6) is -2.65. The van der Waals surface area contributed by atoms with Gasteiger partial charge in [-0.1, -0.05) is 0 Å². The monoisotopic (exact) mass is 255 g/mol. The molecule has 0 spiro atoms. The number of nitrogens with zero attached hydrogens (tertiary/aromatic N) is 1. The van der Waals surface area contributed by atoms with Gasteiger partial charge in [-0.15, -0.1) is 0 Å². The van der Waals surface area contributed by atoms with Gasteiger partial charge >= 0.3 is 5.97 Å². The number of carbonyl (C=O) groups excluding carboxylic acids is 2. The van der Waals surface area contributed by atoms with Crippen molar-refractivity contribution in [2.75, 3.05) is 19.6 Å². The number of carbonyl (C=O) groups is 3. The number of nitrogens with one attached hydrogen (secondary N) is 1. The molecule has 0 aliphatic carbocycles. The van der Waals surface area contributed by atoms with E-state index in [4.69, 9.17) is 10.8 Å². The predicted molar refractivity (Wildman–Crippen MR) is 61.4 cm³/mol. The van der Waals surface area contributed by atoms with E-state index in [0.29, 0.717) is 26.1 Å². The van der Waals surface area contributed by atoms with Crippen molar-refractivity contribution in [3.8, 4) is 0 Å². The molecule has 4 N–H and O–H groups in total. The van der Waals surface area contributed by atoms with Gasteiger partial charge in [-0.2, -0.15) is 0 Å². The topological polar surface area (TPSA) is 113 Å². The van der Waals surface area contributed by atoms with Crippen LogP contribution >= 0.6 is 0 Å². The van der Waals surface area contributed by atoms with Crippen LogP contribution in [0.15, 0.2) is 0 Å². The van der Waals surface area contributed by atoms with Crippen LogP contribution in [0.2, 0.25) is 0 Å². The number of fused-ring (bicyclic) bond motifs is 1. The van der Waals surface area contributed by atoms with Gasteiger partial charge in [0, 0.05) is 13.1 Å². The fourth-order valence-corrected chi connectivity index (χ4v) is 2.64. The Morgan fingerprint density at radius 3 is 2.39 bits per heavy atom. The van der Waals surface area contributed by atoms with Gasteiger partial charge in [0.05, 0.1) is 11.8 Å². The molecule has 2 aliphatic rings. The normalized spacial score (nSPS) is 28.6. The van der Waals surface area contributed by atoms with Gasteiger partial charge in [0.2, 0.25) is 11.8 Å². The molecule has 0 saturated carbocycles. The van der Waals surface area contributed by atoms with Crippen LogP contribution in [-0.2, 0) is 14.4 Å². The summed E-state index contributed by atoms with van der Waals surface area (Å²) in [6.07, 6.45) is 0.692. The Kier molecular flexibility index (Phi) is 3.63. The molecule has 7 heteroatoms. The maximum atomic E-state index is 12.1. The maximum absolute atomic E-state index is 12.1. The van der Waals surface area contributed by atoms with E-state index >= 15 is 0 Å². The summed E-state index contributed by atoms with van der Waals surface area (Å²) in [7, 11) is 0. The summed E-state index contributed by atoms with van der Waals surface area (Å²) in [6.45, 7) is 1.25. The molecule has 100 valence electrons. The number of likely N-dealkylation sites (tertiary alicyclic amines) is 1. The number of aliphatic carboxylic acids is 1. The van der Waals surface area contributed by atoms with Gasteiger partial charge in [-0.25, -0.2) is 4.79 Å². The Labute approximate surface area is 104 Å². The Morgan fingerprint density at radius 2 is 1.94 bits per heavy atom. The minimum atomic E-state index is -1.14. The molecular formula is C11H17N3O4. The quantitative estimate of drug-likeness (QED) is 0.509. The van der Waals surface area contributed by atoms with Crippen molar-refractivity contribution >= 4 is 17.8 Å². The smallest absolute Gasteiger partial charge is 0.326 e. The molecule has 0 aromatic heterocycles. The maximum Gasteiger partial charge on any atom is 0.326 e. The first-order valence-electron chi connectivity index (χ1n) is 6.08. The number of hydrogen-bond donors (Lipinski definition) is 3. The molecular weight excluding hydrogens is 238 g/mol. The zero-order chi connectivity index (χ0) is 13.3. The minimum Gasteiger partial charge on any atom is -0.480 e. The van der Waals surface area contributed by atoms with Crippen LogP contribution in [0.3, 0.4) is 0 Å². The van der Waals surface area contributed by atoms with Crippen molar-refractivity contribution in [3.63, 3.8) is 0 Å². The number of imide groups is 1. The fourth-order valence-electron chi connectivity index (χ4n) is 2.64. The molecule has 0 aromatic rings. The van der Waals surface area contributed by atoms with Crippen LogP contribution in [0.5, 0.6) is 0 Å². The molecule has 2 saturated heterocycles. The number of rotatable bonds is 5. The first kappa shape index (κ1) is 13.0. The average Bonchev–Trinajstić information content (AvgIpc) is 2.88. The Hall–Kier alpha value is -1.47. The van der Waals surface area contributed by atoms with Crippen molar-refractivity contribution in [1.82, 2.24) is 10.2 Å². The molecule has 0 aromatic carbocycles. The van der Waals surface area contributed by atoms with Gasteiger partial charge in [0.1, 0.15) is 6.04 Å². The van der Waals surface area contributed by atoms with Crippen molar-refractivity contribution in [2.45, 2.75) is 18.9 Å². The van der Waals surface area contributed by atoms with E-state index in [1.807, 2.05) is 0 Å². The van der Waals surface area contributed by atoms with Crippen molar-refractivity contribution in [2.24, 2.45) is 17.6 Å². The van der Waals surface area contributed by atoms with Gasteiger partial charge in [-0.05, 0) is 19.4 Å². The molecule has 18 heavy (non-hydrogen) atoms. The molecule has 2 heterocycles. The van der Waals surface area contributed by atoms with Gasteiger partial charge < -0.3 is 16.2 Å². The third-order valence-corrected chi connectivity index (χ3v) is 3.60. The van der Waals surface area contributed by atoms with Crippen LogP contribution in [0, 0.1) is 11.8 Å². The van der Waals surface area contributed by atoms with E-state index in [0.717, 1.165) is 4.90 Å². The highest BCUT2D eigenvalue weighted by Gasteiger charge is 2.53. The van der Waals surface area contributed by atoms with Crippen molar-refractivity contribution in [1.29, 1.82) is 0 Å². The highest BCUT2D eigenvalue weighted by atomic mass is 16.4. The highest BCUT2D eigenvalue weighted by Crippen LogP contribution is 2.31. The molecule has 0 bridgehead atoms. The second-order valence-corrected chi connectivity index (χ2v) is 4.70. The summed E-state index contributed by atoms with van der Waals surface area (Å²) < 4.78 is 0. The fraction of sp³-hybridized carbons (Fsp3) is 0.727. The van der Waals surface area contributed by atoms with E-state index in [1.54, 1.807) is 0 Å². The number of nitrogens with two attached hydrogens (primary N) is 1. The molecule has 7 nitrogen and oxygen atoms in total. The molecule has 2 fully saturated rings. The lowest BCUT2D eigenvalue weighted by Gasteiger charge is -2.23. The van der Waals surface area contributed by atoms with E-state index in [-0.39, 0.29) is 18.2 Å². The molecule has 2 aliphatic heterocycles. The van der Waals surface area contributed by atoms with E-state index in [1.165, 1.54) is 0 Å². The summed E-state index contributed by atoms with van der Waals surface area (Å²) in [5, 5.41) is 12.1. The average molecular weight is 255 g/mol. The Bertz CT molecular complexity index is 362. The van der Waals surface area contributed by atoms with Crippen LogP contribution in [-0.4, -0.2) is 53.5 Å². The largest absolute Gasteiger partial charge is 0.480 e. The lowest BCUT2D eigenvalue weighted by atomic mass is 10.00. The number of carboxylic acid groups (broad SMARTS) is 1. The van der Waals surface area contributed by atoms with Gasteiger partial charge in [-0.3, -0.25) is 14.5 Å². The first-order valence-corrected chi connectivity index (χ1v) is 6.08. The van der Waals surface area contributed by atoms with Gasteiger partial charge in [0.15, 0.2) is 0 Å². The van der Waals surface area contributed by atoms with Gasteiger partial charge in [0.25, 0.3) is 0 Å². The van der Waals surface area contributed by atoms with Crippen LogP contribution in [0.25, 0.3) is 0 Å². The van der Waals surface area contributed by atoms with E-state index in [2.05, 4.69) is 5.32 Å². The standard InChI is InChI=1S/C11H17N3O4/c12-3-1-2-8(11(17)18)14-9(15)6-4-13-5-7(6)10(14)16/h6-8,13H,1-5,12H2,(H,17,18)/t6-,7+,8-/m0/s1. The first-order chi connectivity index (χ1) is 8.57. The summed E-state index contributed by atoms with van der Waals surface area (Å²) in [4.78, 5) is 36.3. The van der Waals surface area contributed by atoms with Crippen LogP contribution in [0.4, 0.5) is 0 Å². The zero-order valence-electron chi connectivity index (χ0n) is 9.96. The molecule has 0 unspecified atom stereocenters. The molecule has 3 atom stereocenters. The summed E-state index contributed by atoms with van der Waals surface area (Å²) >= 11 is 0. The van der Waals surface area contributed by atoms with Crippen molar-refractivity contribution < 1.29 is 19.5 Å². The highest BCUT2D eigenvalue weighted by molar-refractivity contribution is 6.08. The SMILES string of the molecule is NCCC[C@@H](C(=O)O)N1C(=O)[C@H]2CNC[C@H]2C1=O. The lowest BCUT2D eigenvalue weighted by molar-refractivity contribution is -0.155. The summed E-state index contributed by atoms with van der Waals surface area (Å²) in [5.41, 5.74) is 5.35. The third-order valence-electron chi connectivity index (χ3n) is 3.60. The van der Waals surface area contributed by atoms with E-state index < -0.39 is 23.8 Å². The second-order valence-electron chi connectivity index (χ2n) is 4.70. The third kappa shape index (κ3) is 1.99. The lowest BCUT2D eigenvalue weighted by Crippen LogP contribution is -2.47. The predicted octanol–water partition coefficient (Wildman–Crippen LogP) is -1.62. The second kappa shape index (κ2) is 5.03. The van der Waals surface area contributed by atoms with Crippen LogP contribution < -0.4 is 11.1 Å². The number of hydrogen-bond acceptors (Lipinski definition) is 5. The zero-order valence-corrected chi connectivity index (χ0v) is 9.96. The van der Waals surface area contributed by atoms with E-state index in [9.17, 15) is 14.4 Å². The summed E-state index contributed by atoms with van der Waals surface area (Å²) in [6, 6.07) is -1.07. The molecule has 2 rings (SSSR count). The van der Waals surface area contributed by atoms with Crippen molar-refractivity contribution in [3.05, 3.63) is 0 Å². The Balaban J connectivity index is 2.17. The molecule has 2 amide bonds. The number of carboxylic acids is 1. The minimum absolute atomic E-state index is 0.218. The molecule has 0 radical (unpaired) electrons. The Morgan fingerprint density at radius 1 is 1.39 bits per heavy atom. The number of amides is 2.